The Balaban J connectivity index is 2.81. The van der Waals surface area contributed by atoms with Crippen molar-refractivity contribution in [3.05, 3.63) is 23.4 Å². The van der Waals surface area contributed by atoms with Crippen LogP contribution in [0.2, 0.25) is 0 Å². The van der Waals surface area contributed by atoms with E-state index in [4.69, 9.17) is 9.47 Å². The minimum atomic E-state index is -0.750. The van der Waals surface area contributed by atoms with Gasteiger partial charge in [0.15, 0.2) is 0 Å². The highest BCUT2D eigenvalue weighted by molar-refractivity contribution is 6.45. The van der Waals surface area contributed by atoms with Gasteiger partial charge in [-0.05, 0) is 6.07 Å². The van der Waals surface area contributed by atoms with Crippen LogP contribution in [-0.2, 0) is 9.53 Å². The molecule has 0 radical (unpaired) electrons. The average molecular weight is 334 g/mol. The number of methoxy groups -OCH3 is 3. The van der Waals surface area contributed by atoms with Gasteiger partial charge in [0.05, 0.1) is 32.4 Å². The summed E-state index contributed by atoms with van der Waals surface area (Å²) in [7, 11) is 7.02. The van der Waals surface area contributed by atoms with Gasteiger partial charge in [0.1, 0.15) is 17.2 Å². The summed E-state index contributed by atoms with van der Waals surface area (Å²) in [6.45, 7) is 0. The normalized spacial score (nSPS) is 10.4. The first kappa shape index (κ1) is 17.3. The largest absolute Gasteiger partial charge is 0.496 e. The van der Waals surface area contributed by atoms with Crippen LogP contribution in [0.3, 0.4) is 0 Å². The summed E-state index contributed by atoms with van der Waals surface area (Å²) in [6, 6.07) is 2.92. The average Bonchev–Trinajstić information content (AvgIpc) is 3.02. The maximum absolute atomic E-state index is 12.6. The summed E-state index contributed by atoms with van der Waals surface area (Å²) < 4.78 is 15.2. The fourth-order valence-corrected chi connectivity index (χ4v) is 2.33. The molecule has 1 aromatic carbocycles. The van der Waals surface area contributed by atoms with E-state index in [1.54, 1.807) is 0 Å². The van der Waals surface area contributed by atoms with Gasteiger partial charge in [-0.25, -0.2) is 4.79 Å². The molecule has 8 nitrogen and oxygen atoms in total. The van der Waals surface area contributed by atoms with Crippen molar-refractivity contribution < 1.29 is 28.6 Å². The number of likely N-dealkylation sites (N-methyl/N-ethyl adjacent to an activating group) is 1. The number of aromatic amines is 1. The number of carbonyl (C=O) groups is 3. The molecule has 0 unspecified atom stereocenters. The number of amides is 1. The molecule has 0 aliphatic rings. The molecule has 0 bridgehead atoms. The third-order valence-corrected chi connectivity index (χ3v) is 3.51. The second-order valence-electron chi connectivity index (χ2n) is 5.15. The second kappa shape index (κ2) is 6.61. The number of nitrogens with zero attached hydrogens (tertiary/aromatic N) is 1. The fourth-order valence-electron chi connectivity index (χ4n) is 2.33. The molecule has 1 amide bonds. The fraction of sp³-hybridized carbons (Fsp3) is 0.312. The predicted octanol–water partition coefficient (Wildman–Crippen LogP) is 1.24. The Bertz CT molecular complexity index is 822. The van der Waals surface area contributed by atoms with Gasteiger partial charge in [0.25, 0.3) is 11.7 Å². The van der Waals surface area contributed by atoms with Crippen molar-refractivity contribution in [2.45, 2.75) is 0 Å². The van der Waals surface area contributed by atoms with E-state index in [1.807, 2.05) is 0 Å². The highest BCUT2D eigenvalue weighted by Crippen LogP contribution is 2.36. The number of ketones is 1. The van der Waals surface area contributed by atoms with Crippen LogP contribution in [0.1, 0.15) is 20.8 Å². The molecule has 0 saturated carbocycles. The van der Waals surface area contributed by atoms with E-state index in [0.717, 1.165) is 0 Å². The molecule has 128 valence electrons. The predicted molar refractivity (Wildman–Crippen MR) is 85.8 cm³/mol. The Kier molecular flexibility index (Phi) is 4.77. The number of Topliss-reactive ketones (excluding diaryl/α,β-unsaturated/α-hetero) is 1. The zero-order valence-corrected chi connectivity index (χ0v) is 14.1. The highest BCUT2D eigenvalue weighted by Gasteiger charge is 2.28. The Labute approximate surface area is 138 Å². The van der Waals surface area contributed by atoms with Crippen LogP contribution in [-0.4, -0.2) is 63.0 Å². The molecule has 0 aliphatic heterocycles. The lowest BCUT2D eigenvalue weighted by molar-refractivity contribution is -0.124. The van der Waals surface area contributed by atoms with E-state index in [0.29, 0.717) is 16.7 Å². The van der Waals surface area contributed by atoms with Crippen molar-refractivity contribution >= 4 is 28.6 Å². The van der Waals surface area contributed by atoms with E-state index >= 15 is 0 Å². The van der Waals surface area contributed by atoms with Crippen molar-refractivity contribution in [1.82, 2.24) is 9.88 Å². The number of hydrogen-bond donors (Lipinski definition) is 1. The quantitative estimate of drug-likeness (QED) is 0.502. The topological polar surface area (TPSA) is 97.9 Å². The molecule has 1 N–H and O–H groups in total. The maximum atomic E-state index is 12.6. The maximum Gasteiger partial charge on any atom is 0.354 e. The number of fused-ring (bicyclic) bond motifs is 1. The number of nitrogens with one attached hydrogen (secondary N) is 1. The van der Waals surface area contributed by atoms with Crippen molar-refractivity contribution in [3.8, 4) is 11.5 Å². The smallest absolute Gasteiger partial charge is 0.354 e. The lowest BCUT2D eigenvalue weighted by Crippen LogP contribution is -2.30. The molecule has 24 heavy (non-hydrogen) atoms. The van der Waals surface area contributed by atoms with Gasteiger partial charge < -0.3 is 24.1 Å². The third-order valence-electron chi connectivity index (χ3n) is 3.51. The molecular weight excluding hydrogens is 316 g/mol. The number of carbonyl (C=O) groups excluding carboxylic acids is 3. The van der Waals surface area contributed by atoms with Gasteiger partial charge in [0, 0.05) is 25.5 Å². The molecule has 0 atom stereocenters. The van der Waals surface area contributed by atoms with Crippen LogP contribution < -0.4 is 9.47 Å². The monoisotopic (exact) mass is 334 g/mol. The van der Waals surface area contributed by atoms with Crippen LogP contribution in [0.15, 0.2) is 12.1 Å². The van der Waals surface area contributed by atoms with Crippen molar-refractivity contribution in [3.63, 3.8) is 0 Å². The molecule has 0 saturated heterocycles. The van der Waals surface area contributed by atoms with E-state index in [1.165, 1.54) is 52.5 Å². The summed E-state index contributed by atoms with van der Waals surface area (Å²) in [6.07, 6.45) is 0. The molecule has 1 heterocycles. The lowest BCUT2D eigenvalue weighted by Gasteiger charge is -2.14. The zero-order valence-electron chi connectivity index (χ0n) is 14.1. The molecule has 8 heteroatoms. The first-order chi connectivity index (χ1) is 11.3. The minimum Gasteiger partial charge on any atom is -0.496 e. The minimum absolute atomic E-state index is 0.0541. The first-order valence-corrected chi connectivity index (χ1v) is 6.97. The van der Waals surface area contributed by atoms with Crippen molar-refractivity contribution in [2.75, 3.05) is 35.4 Å². The molecular formula is C16H18N2O6. The molecule has 1 aromatic heterocycles. The summed E-state index contributed by atoms with van der Waals surface area (Å²) in [4.78, 5) is 40.5. The summed E-state index contributed by atoms with van der Waals surface area (Å²) in [5.74, 6) is -1.52. The number of hydrogen-bond acceptors (Lipinski definition) is 6. The van der Waals surface area contributed by atoms with Crippen LogP contribution in [0.25, 0.3) is 10.9 Å². The van der Waals surface area contributed by atoms with Crippen molar-refractivity contribution in [2.24, 2.45) is 0 Å². The Hall–Kier alpha value is -3.03. The molecule has 0 fully saturated rings. The number of ether oxygens (including phenoxy) is 3. The van der Waals surface area contributed by atoms with Gasteiger partial charge in [-0.15, -0.1) is 0 Å². The summed E-state index contributed by atoms with van der Waals surface area (Å²) in [5.41, 5.74) is 0.581. The highest BCUT2D eigenvalue weighted by atomic mass is 16.5. The van der Waals surface area contributed by atoms with Gasteiger partial charge >= 0.3 is 5.97 Å². The number of benzene rings is 1. The van der Waals surface area contributed by atoms with E-state index in [9.17, 15) is 14.4 Å². The second-order valence-corrected chi connectivity index (χ2v) is 5.15. The van der Waals surface area contributed by atoms with Gasteiger partial charge in [-0.2, -0.15) is 0 Å². The third kappa shape index (κ3) is 2.78. The summed E-state index contributed by atoms with van der Waals surface area (Å²) >= 11 is 0. The molecule has 2 rings (SSSR count). The lowest BCUT2D eigenvalue weighted by atomic mass is 10.0. The number of esters is 1. The number of aromatic nitrogens is 1. The molecule has 2 aromatic rings. The Morgan fingerprint density at radius 2 is 1.62 bits per heavy atom. The Morgan fingerprint density at radius 1 is 1.00 bits per heavy atom. The van der Waals surface area contributed by atoms with E-state index in [-0.39, 0.29) is 17.0 Å². The van der Waals surface area contributed by atoms with Gasteiger partial charge in [0.2, 0.25) is 0 Å². The first-order valence-electron chi connectivity index (χ1n) is 6.97. The number of H-pyrrole nitrogens is 1. The molecule has 0 aliphatic carbocycles. The standard InChI is InChI=1S/C16H18N2O6/c1-18(2)15(20)14(19)12-8-6-9(16(21)24-5)17-13(8)11(23-4)7-10(12)22-3/h6-7,17H,1-5H3. The summed E-state index contributed by atoms with van der Waals surface area (Å²) in [5, 5.41) is 0.340. The Morgan fingerprint density at radius 3 is 2.12 bits per heavy atom. The SMILES string of the molecule is COC(=O)c1cc2c(C(=O)C(=O)N(C)C)c(OC)cc(OC)c2[nH]1. The van der Waals surface area contributed by atoms with Crippen LogP contribution >= 0.6 is 0 Å². The van der Waals surface area contributed by atoms with Crippen molar-refractivity contribution in [1.29, 1.82) is 0 Å². The van der Waals surface area contributed by atoms with Crippen LogP contribution in [0.4, 0.5) is 0 Å². The molecule has 0 spiro atoms. The van der Waals surface area contributed by atoms with Crippen LogP contribution in [0.5, 0.6) is 11.5 Å². The van der Waals surface area contributed by atoms with Crippen LogP contribution in [0, 0.1) is 0 Å². The number of rotatable bonds is 5. The zero-order chi connectivity index (χ0) is 18.0. The van der Waals surface area contributed by atoms with E-state index < -0.39 is 17.7 Å². The van der Waals surface area contributed by atoms with E-state index in [2.05, 4.69) is 9.72 Å². The van der Waals surface area contributed by atoms with Gasteiger partial charge in [-0.1, -0.05) is 0 Å². The van der Waals surface area contributed by atoms with Gasteiger partial charge in [-0.3, -0.25) is 9.59 Å².